The average molecular weight is 233 g/mol. The maximum absolute atomic E-state index is 11.4. The third-order valence-corrected chi connectivity index (χ3v) is 2.05. The van der Waals surface area contributed by atoms with E-state index in [4.69, 9.17) is 10.2 Å². The van der Waals surface area contributed by atoms with Gasteiger partial charge in [0.25, 0.3) is 0 Å². The van der Waals surface area contributed by atoms with Gasteiger partial charge in [-0.25, -0.2) is 9.59 Å². The number of aliphatic hydroxyl groups is 1. The van der Waals surface area contributed by atoms with Crippen LogP contribution in [-0.2, 0) is 4.79 Å². The van der Waals surface area contributed by atoms with Gasteiger partial charge in [-0.05, 0) is 20.0 Å². The summed E-state index contributed by atoms with van der Waals surface area (Å²) in [6.45, 7) is 0.676. The molecule has 94 valence electrons. The molecule has 0 aromatic carbocycles. The molecule has 0 spiro atoms. The summed E-state index contributed by atoms with van der Waals surface area (Å²) in [6.07, 6.45) is 0.775. The summed E-state index contributed by atoms with van der Waals surface area (Å²) < 4.78 is 0. The number of nitrogens with zero attached hydrogens (tertiary/aromatic N) is 1. The minimum absolute atomic E-state index is 0.502. The lowest BCUT2D eigenvalue weighted by atomic mass is 10.3. The van der Waals surface area contributed by atoms with Crippen molar-refractivity contribution in [3.05, 3.63) is 0 Å². The van der Waals surface area contributed by atoms with Gasteiger partial charge >= 0.3 is 12.0 Å². The van der Waals surface area contributed by atoms with Crippen LogP contribution < -0.4 is 10.6 Å². The summed E-state index contributed by atoms with van der Waals surface area (Å²) in [5.41, 5.74) is 0. The number of carbonyl (C=O) groups excluding carboxylic acids is 1. The number of carboxylic acid groups (broad SMARTS) is 1. The molecule has 0 aromatic heterocycles. The predicted octanol–water partition coefficient (Wildman–Crippen LogP) is -1.32. The minimum Gasteiger partial charge on any atom is -0.480 e. The van der Waals surface area contributed by atoms with E-state index in [-0.39, 0.29) is 0 Å². The highest BCUT2D eigenvalue weighted by Crippen LogP contribution is 1.90. The van der Waals surface area contributed by atoms with E-state index in [1.54, 1.807) is 7.05 Å². The number of rotatable bonds is 7. The summed E-state index contributed by atoms with van der Waals surface area (Å²) in [7, 11) is 3.38. The Morgan fingerprint density at radius 1 is 1.44 bits per heavy atom. The number of hydrogen-bond donors (Lipinski definition) is 4. The molecular weight excluding hydrogens is 214 g/mol. The van der Waals surface area contributed by atoms with Crippen molar-refractivity contribution in [2.75, 3.05) is 33.8 Å². The van der Waals surface area contributed by atoms with E-state index in [0.717, 1.165) is 13.0 Å². The maximum Gasteiger partial charge on any atom is 0.328 e. The van der Waals surface area contributed by atoms with Gasteiger partial charge in [0.1, 0.15) is 0 Å². The summed E-state index contributed by atoms with van der Waals surface area (Å²) in [5.74, 6) is -1.25. The van der Waals surface area contributed by atoms with Crippen molar-refractivity contribution in [2.45, 2.75) is 12.5 Å². The molecule has 2 amide bonds. The minimum atomic E-state index is -1.25. The Balaban J connectivity index is 3.98. The number of aliphatic carboxylic acids is 1. The molecule has 0 saturated carbocycles. The lowest BCUT2D eigenvalue weighted by Gasteiger charge is -2.20. The molecule has 0 unspecified atom stereocenters. The van der Waals surface area contributed by atoms with Gasteiger partial charge in [-0.15, -0.1) is 0 Å². The van der Waals surface area contributed by atoms with Crippen LogP contribution in [0.5, 0.6) is 0 Å². The zero-order chi connectivity index (χ0) is 12.6. The van der Waals surface area contributed by atoms with Crippen LogP contribution in [0, 0.1) is 0 Å². The van der Waals surface area contributed by atoms with Crippen molar-refractivity contribution in [3.8, 4) is 0 Å². The van der Waals surface area contributed by atoms with Crippen LogP contribution in [0.4, 0.5) is 4.79 Å². The Kier molecular flexibility index (Phi) is 7.23. The smallest absolute Gasteiger partial charge is 0.328 e. The second kappa shape index (κ2) is 7.89. The van der Waals surface area contributed by atoms with E-state index < -0.39 is 24.6 Å². The molecule has 0 rings (SSSR count). The highest BCUT2D eigenvalue weighted by molar-refractivity contribution is 5.82. The first-order chi connectivity index (χ1) is 7.52. The Morgan fingerprint density at radius 3 is 2.50 bits per heavy atom. The molecule has 0 heterocycles. The number of carbonyl (C=O) groups is 2. The Hall–Kier alpha value is -1.34. The van der Waals surface area contributed by atoms with Gasteiger partial charge in [-0.3, -0.25) is 0 Å². The summed E-state index contributed by atoms with van der Waals surface area (Å²) >= 11 is 0. The molecule has 1 atom stereocenters. The molecule has 0 bridgehead atoms. The molecule has 7 heteroatoms. The monoisotopic (exact) mass is 233 g/mol. The molecule has 0 saturated heterocycles. The van der Waals surface area contributed by atoms with Crippen molar-refractivity contribution in [2.24, 2.45) is 0 Å². The number of hydrogen-bond acceptors (Lipinski definition) is 4. The van der Waals surface area contributed by atoms with Crippen molar-refractivity contribution in [1.29, 1.82) is 0 Å². The first kappa shape index (κ1) is 14.7. The number of urea groups is 1. The summed E-state index contributed by atoms with van der Waals surface area (Å²) in [4.78, 5) is 23.4. The molecule has 0 aliphatic rings. The van der Waals surface area contributed by atoms with Gasteiger partial charge in [-0.1, -0.05) is 0 Å². The molecule has 0 aliphatic carbocycles. The fourth-order valence-electron chi connectivity index (χ4n) is 1.04. The van der Waals surface area contributed by atoms with Crippen molar-refractivity contribution < 1.29 is 19.8 Å². The van der Waals surface area contributed by atoms with Crippen LogP contribution in [0.1, 0.15) is 6.42 Å². The molecule has 0 aromatic rings. The molecule has 0 aliphatic heterocycles. The number of carboxylic acids is 1. The number of nitrogens with one attached hydrogen (secondary N) is 2. The molecule has 0 radical (unpaired) electrons. The Morgan fingerprint density at radius 2 is 2.06 bits per heavy atom. The van der Waals surface area contributed by atoms with Gasteiger partial charge in [0.2, 0.25) is 0 Å². The van der Waals surface area contributed by atoms with E-state index >= 15 is 0 Å². The van der Waals surface area contributed by atoms with Crippen molar-refractivity contribution >= 4 is 12.0 Å². The van der Waals surface area contributed by atoms with Crippen LogP contribution in [0.2, 0.25) is 0 Å². The quantitative estimate of drug-likeness (QED) is 0.409. The number of aliphatic hydroxyl groups excluding tert-OH is 1. The van der Waals surface area contributed by atoms with Crippen LogP contribution in [-0.4, -0.2) is 66.9 Å². The predicted molar refractivity (Wildman–Crippen MR) is 58.2 cm³/mol. The molecule has 4 N–H and O–H groups in total. The van der Waals surface area contributed by atoms with Gasteiger partial charge in [0, 0.05) is 13.6 Å². The van der Waals surface area contributed by atoms with E-state index in [1.807, 2.05) is 7.05 Å². The van der Waals surface area contributed by atoms with E-state index in [1.165, 1.54) is 4.90 Å². The van der Waals surface area contributed by atoms with Crippen LogP contribution in [0.15, 0.2) is 0 Å². The zero-order valence-electron chi connectivity index (χ0n) is 9.56. The lowest BCUT2D eigenvalue weighted by molar-refractivity contribution is -0.140. The van der Waals surface area contributed by atoms with E-state index in [0.29, 0.717) is 6.54 Å². The molecule has 16 heavy (non-hydrogen) atoms. The standard InChI is InChI=1S/C9H19N3O4/c1-10-4-3-5-12(2)9(16)11-7(6-13)8(14)15/h7,10,13H,3-6H2,1-2H3,(H,11,16)(H,14,15)/t7-/m1/s1. The van der Waals surface area contributed by atoms with Gasteiger partial charge < -0.3 is 25.7 Å². The average Bonchev–Trinajstić information content (AvgIpc) is 2.25. The normalized spacial score (nSPS) is 11.9. The highest BCUT2D eigenvalue weighted by atomic mass is 16.4. The fourth-order valence-corrected chi connectivity index (χ4v) is 1.04. The lowest BCUT2D eigenvalue weighted by Crippen LogP contribution is -2.48. The van der Waals surface area contributed by atoms with Crippen molar-refractivity contribution in [1.82, 2.24) is 15.5 Å². The third kappa shape index (κ3) is 5.52. The zero-order valence-corrected chi connectivity index (χ0v) is 9.56. The second-order valence-electron chi connectivity index (χ2n) is 3.40. The Labute approximate surface area is 94.4 Å². The largest absolute Gasteiger partial charge is 0.480 e. The Bertz CT molecular complexity index is 235. The van der Waals surface area contributed by atoms with E-state index in [2.05, 4.69) is 10.6 Å². The summed E-state index contributed by atoms with van der Waals surface area (Å²) in [6, 6.07) is -1.75. The number of amides is 2. The van der Waals surface area contributed by atoms with Crippen LogP contribution in [0.25, 0.3) is 0 Å². The van der Waals surface area contributed by atoms with Crippen molar-refractivity contribution in [3.63, 3.8) is 0 Å². The topological polar surface area (TPSA) is 102 Å². The molecular formula is C9H19N3O4. The highest BCUT2D eigenvalue weighted by Gasteiger charge is 2.20. The van der Waals surface area contributed by atoms with Gasteiger partial charge in [-0.2, -0.15) is 0 Å². The fraction of sp³-hybridized carbons (Fsp3) is 0.778. The van der Waals surface area contributed by atoms with Gasteiger partial charge in [0.15, 0.2) is 6.04 Å². The van der Waals surface area contributed by atoms with E-state index in [9.17, 15) is 9.59 Å². The first-order valence-electron chi connectivity index (χ1n) is 5.02. The van der Waals surface area contributed by atoms with Crippen LogP contribution in [0.3, 0.4) is 0 Å². The first-order valence-corrected chi connectivity index (χ1v) is 5.02. The third-order valence-electron chi connectivity index (χ3n) is 2.05. The SMILES string of the molecule is CNCCCN(C)C(=O)N[C@H](CO)C(=O)O. The van der Waals surface area contributed by atoms with Crippen LogP contribution >= 0.6 is 0 Å². The second-order valence-corrected chi connectivity index (χ2v) is 3.40. The summed E-state index contributed by atoms with van der Waals surface area (Å²) in [5, 5.41) is 22.5. The molecule has 0 fully saturated rings. The van der Waals surface area contributed by atoms with Gasteiger partial charge in [0.05, 0.1) is 6.61 Å². The molecule has 7 nitrogen and oxygen atoms in total. The maximum atomic E-state index is 11.4.